The predicted molar refractivity (Wildman–Crippen MR) is 82.3 cm³/mol. The van der Waals surface area contributed by atoms with Crippen LogP contribution >= 0.6 is 15.9 Å². The lowest BCUT2D eigenvalue weighted by Crippen LogP contribution is -2.17. The second kappa shape index (κ2) is 6.76. The van der Waals surface area contributed by atoms with Gasteiger partial charge in [0.15, 0.2) is 0 Å². The Bertz CT molecular complexity index is 716. The first-order valence-electron chi connectivity index (χ1n) is 5.90. The van der Waals surface area contributed by atoms with Gasteiger partial charge in [0.25, 0.3) is 11.6 Å². The molecule has 2 aromatic rings. The minimum Gasteiger partial charge on any atom is -0.267 e. The van der Waals surface area contributed by atoms with Crippen LogP contribution in [0.3, 0.4) is 0 Å². The number of nitro groups is 1. The molecule has 0 aliphatic heterocycles. The Morgan fingerprint density at radius 1 is 1.24 bits per heavy atom. The minimum atomic E-state index is -0.502. The van der Waals surface area contributed by atoms with Crippen LogP contribution in [0.4, 0.5) is 5.69 Å². The number of rotatable bonds is 4. The van der Waals surface area contributed by atoms with Crippen molar-refractivity contribution in [1.29, 1.82) is 0 Å². The maximum atomic E-state index is 11.8. The fraction of sp³-hybridized carbons (Fsp3) is 0. The van der Waals surface area contributed by atoms with E-state index in [0.29, 0.717) is 11.1 Å². The third kappa shape index (κ3) is 3.96. The van der Waals surface area contributed by atoms with Gasteiger partial charge in [-0.2, -0.15) is 5.10 Å². The van der Waals surface area contributed by atoms with Crippen LogP contribution in [0.15, 0.2) is 58.1 Å². The summed E-state index contributed by atoms with van der Waals surface area (Å²) in [6.07, 6.45) is 1.24. The van der Waals surface area contributed by atoms with E-state index in [9.17, 15) is 14.9 Å². The lowest BCUT2D eigenvalue weighted by atomic mass is 10.2. The molecule has 2 rings (SSSR count). The van der Waals surface area contributed by atoms with Crippen molar-refractivity contribution in [2.45, 2.75) is 0 Å². The number of para-hydroxylation sites is 1. The van der Waals surface area contributed by atoms with Crippen molar-refractivity contribution < 1.29 is 9.72 Å². The average Bonchev–Trinajstić information content (AvgIpc) is 2.47. The van der Waals surface area contributed by atoms with Crippen molar-refractivity contribution >= 4 is 33.7 Å². The number of hydrazone groups is 1. The van der Waals surface area contributed by atoms with E-state index in [4.69, 9.17) is 0 Å². The molecule has 2 aromatic carbocycles. The molecule has 0 radical (unpaired) electrons. The van der Waals surface area contributed by atoms with Crippen LogP contribution < -0.4 is 5.43 Å². The molecule has 0 saturated heterocycles. The van der Waals surface area contributed by atoms with Gasteiger partial charge in [-0.25, -0.2) is 5.43 Å². The first kappa shape index (κ1) is 14.9. The lowest BCUT2D eigenvalue weighted by Gasteiger charge is -2.00. The monoisotopic (exact) mass is 347 g/mol. The zero-order chi connectivity index (χ0) is 15.2. The van der Waals surface area contributed by atoms with Gasteiger partial charge in [0.1, 0.15) is 0 Å². The number of carbonyl (C=O) groups excluding carboxylic acids is 1. The topological polar surface area (TPSA) is 84.6 Å². The summed E-state index contributed by atoms with van der Waals surface area (Å²) in [6.45, 7) is 0. The molecule has 0 aliphatic carbocycles. The summed E-state index contributed by atoms with van der Waals surface area (Å²) in [6, 6.07) is 13.0. The summed E-state index contributed by atoms with van der Waals surface area (Å²) in [4.78, 5) is 22.2. The van der Waals surface area contributed by atoms with Crippen LogP contribution in [0.1, 0.15) is 15.9 Å². The summed E-state index contributed by atoms with van der Waals surface area (Å²) in [5, 5.41) is 14.6. The summed E-state index contributed by atoms with van der Waals surface area (Å²) in [5.41, 5.74) is 3.01. The molecule has 0 unspecified atom stereocenters. The second-order valence-corrected chi connectivity index (χ2v) is 4.94. The number of benzene rings is 2. The first-order valence-corrected chi connectivity index (χ1v) is 6.69. The van der Waals surface area contributed by atoms with E-state index >= 15 is 0 Å². The molecular weight excluding hydrogens is 338 g/mol. The number of amides is 1. The molecule has 0 aliphatic rings. The molecule has 0 heterocycles. The number of nitrogens with zero attached hydrogens (tertiary/aromatic N) is 2. The molecule has 0 aromatic heterocycles. The number of halogens is 1. The average molecular weight is 348 g/mol. The summed E-state index contributed by atoms with van der Waals surface area (Å²) in [7, 11) is 0. The van der Waals surface area contributed by atoms with Gasteiger partial charge in [-0.3, -0.25) is 14.9 Å². The third-order valence-electron chi connectivity index (χ3n) is 2.59. The van der Waals surface area contributed by atoms with Crippen LogP contribution in [-0.2, 0) is 0 Å². The van der Waals surface area contributed by atoms with Gasteiger partial charge in [0.05, 0.1) is 16.7 Å². The number of nitro benzene ring substituents is 1. The maximum absolute atomic E-state index is 11.8. The van der Waals surface area contributed by atoms with Crippen molar-refractivity contribution in [3.05, 3.63) is 74.2 Å². The Balaban J connectivity index is 2.09. The minimum absolute atomic E-state index is 0.0713. The number of hydrogen-bond donors (Lipinski definition) is 1. The standard InChI is InChI=1S/C14H10BrN3O3/c15-12-6-3-5-10(8-12)14(19)17-16-9-11-4-1-2-7-13(11)18(20)21/h1-9H,(H,17,19)/b16-9-. The molecule has 0 saturated carbocycles. The van der Waals surface area contributed by atoms with Gasteiger partial charge in [-0.1, -0.05) is 34.1 Å². The zero-order valence-electron chi connectivity index (χ0n) is 10.7. The van der Waals surface area contributed by atoms with Crippen molar-refractivity contribution in [1.82, 2.24) is 5.43 Å². The Morgan fingerprint density at radius 2 is 2.00 bits per heavy atom. The first-order chi connectivity index (χ1) is 10.1. The van der Waals surface area contributed by atoms with Crippen LogP contribution in [0.25, 0.3) is 0 Å². The molecule has 0 atom stereocenters. The highest BCUT2D eigenvalue weighted by Gasteiger charge is 2.10. The normalized spacial score (nSPS) is 10.5. The quantitative estimate of drug-likeness (QED) is 0.523. The lowest BCUT2D eigenvalue weighted by molar-refractivity contribution is -0.385. The van der Waals surface area contributed by atoms with Gasteiger partial charge in [-0.15, -0.1) is 0 Å². The molecule has 106 valence electrons. The number of hydrogen-bond acceptors (Lipinski definition) is 4. The van der Waals surface area contributed by atoms with E-state index in [1.807, 2.05) is 0 Å². The van der Waals surface area contributed by atoms with E-state index in [2.05, 4.69) is 26.5 Å². The Hall–Kier alpha value is -2.54. The molecular formula is C14H10BrN3O3. The fourth-order valence-corrected chi connectivity index (χ4v) is 2.02. The highest BCUT2D eigenvalue weighted by molar-refractivity contribution is 9.10. The molecule has 21 heavy (non-hydrogen) atoms. The van der Waals surface area contributed by atoms with E-state index in [1.165, 1.54) is 12.3 Å². The molecule has 0 spiro atoms. The van der Waals surface area contributed by atoms with E-state index in [-0.39, 0.29) is 5.69 Å². The Labute approximate surface area is 128 Å². The molecule has 0 fully saturated rings. The van der Waals surface area contributed by atoms with Crippen LogP contribution in [0.2, 0.25) is 0 Å². The van der Waals surface area contributed by atoms with Crippen molar-refractivity contribution in [2.75, 3.05) is 0 Å². The van der Waals surface area contributed by atoms with E-state index in [0.717, 1.165) is 4.47 Å². The van der Waals surface area contributed by atoms with Crippen molar-refractivity contribution in [3.63, 3.8) is 0 Å². The van der Waals surface area contributed by atoms with Gasteiger partial charge in [-0.05, 0) is 24.3 Å². The fourth-order valence-electron chi connectivity index (χ4n) is 1.62. The highest BCUT2D eigenvalue weighted by atomic mass is 79.9. The van der Waals surface area contributed by atoms with Crippen molar-refractivity contribution in [2.24, 2.45) is 5.10 Å². The summed E-state index contributed by atoms with van der Waals surface area (Å²) >= 11 is 3.27. The second-order valence-electron chi connectivity index (χ2n) is 4.03. The van der Waals surface area contributed by atoms with Crippen LogP contribution in [0, 0.1) is 10.1 Å². The molecule has 1 amide bonds. The molecule has 0 bridgehead atoms. The molecule has 7 heteroatoms. The highest BCUT2D eigenvalue weighted by Crippen LogP contribution is 2.15. The molecule has 6 nitrogen and oxygen atoms in total. The van der Waals surface area contributed by atoms with Gasteiger partial charge in [0.2, 0.25) is 0 Å². The van der Waals surface area contributed by atoms with Gasteiger partial charge < -0.3 is 0 Å². The summed E-state index contributed by atoms with van der Waals surface area (Å²) < 4.78 is 0.776. The number of nitrogens with one attached hydrogen (secondary N) is 1. The SMILES string of the molecule is O=C(N/N=C\c1ccccc1[N+](=O)[O-])c1cccc(Br)c1. The van der Waals surface area contributed by atoms with Gasteiger partial charge >= 0.3 is 0 Å². The van der Waals surface area contributed by atoms with Crippen LogP contribution in [0.5, 0.6) is 0 Å². The van der Waals surface area contributed by atoms with E-state index in [1.54, 1.807) is 42.5 Å². The maximum Gasteiger partial charge on any atom is 0.278 e. The predicted octanol–water partition coefficient (Wildman–Crippen LogP) is 3.12. The van der Waals surface area contributed by atoms with Gasteiger partial charge in [0, 0.05) is 16.1 Å². The van der Waals surface area contributed by atoms with Crippen LogP contribution in [-0.4, -0.2) is 17.0 Å². The Kier molecular flexibility index (Phi) is 4.78. The van der Waals surface area contributed by atoms with Crippen molar-refractivity contribution in [3.8, 4) is 0 Å². The van der Waals surface area contributed by atoms with E-state index < -0.39 is 10.8 Å². The third-order valence-corrected chi connectivity index (χ3v) is 3.08. The number of carbonyl (C=O) groups is 1. The summed E-state index contributed by atoms with van der Waals surface area (Å²) in [5.74, 6) is -0.397. The zero-order valence-corrected chi connectivity index (χ0v) is 12.3. The smallest absolute Gasteiger partial charge is 0.267 e. The Morgan fingerprint density at radius 3 is 2.71 bits per heavy atom. The largest absolute Gasteiger partial charge is 0.278 e. The molecule has 1 N–H and O–H groups in total.